The first-order valence-electron chi connectivity index (χ1n) is 6.60. The lowest BCUT2D eigenvalue weighted by Crippen LogP contribution is -2.26. The Morgan fingerprint density at radius 3 is 2.68 bits per heavy atom. The minimum atomic E-state index is -0.838. The number of hydrogen-bond donors (Lipinski definition) is 0. The zero-order valence-electron chi connectivity index (χ0n) is 12.2. The van der Waals surface area contributed by atoms with Gasteiger partial charge in [-0.2, -0.15) is 0 Å². The van der Waals surface area contributed by atoms with Gasteiger partial charge in [0.1, 0.15) is 16.4 Å². The average molecular weight is 345 g/mol. The average Bonchev–Trinajstić information content (AvgIpc) is 2.47. The molecule has 22 heavy (non-hydrogen) atoms. The van der Waals surface area contributed by atoms with E-state index in [1.807, 2.05) is 0 Å². The third-order valence-electron chi connectivity index (χ3n) is 3.07. The maximum atomic E-state index is 11.6. The molecule has 1 atom stereocenters. The maximum absolute atomic E-state index is 11.6. The number of benzene rings is 1. The van der Waals surface area contributed by atoms with Gasteiger partial charge >= 0.3 is 11.6 Å². The molecule has 0 saturated carbocycles. The number of carbonyl (C=O) groups excluding carboxylic acids is 1. The highest BCUT2D eigenvalue weighted by molar-refractivity contribution is 6.34. The first-order valence-corrected chi connectivity index (χ1v) is 7.36. The molecule has 1 aromatic heterocycles. The second kappa shape index (κ2) is 6.58. The van der Waals surface area contributed by atoms with Crippen LogP contribution in [0.5, 0.6) is 5.75 Å². The summed E-state index contributed by atoms with van der Waals surface area (Å²) in [4.78, 5) is 23.2. The normalized spacial score (nSPS) is 12.2. The lowest BCUT2D eigenvalue weighted by atomic mass is 10.1. The highest BCUT2D eigenvalue weighted by Crippen LogP contribution is 2.33. The number of ether oxygens (including phenoxy) is 2. The third-order valence-corrected chi connectivity index (χ3v) is 3.80. The van der Waals surface area contributed by atoms with E-state index >= 15 is 0 Å². The molecule has 118 valence electrons. The summed E-state index contributed by atoms with van der Waals surface area (Å²) in [6, 6.07) is 3.03. The van der Waals surface area contributed by atoms with Gasteiger partial charge in [-0.25, -0.2) is 9.59 Å². The van der Waals surface area contributed by atoms with Crippen molar-refractivity contribution in [3.05, 3.63) is 38.2 Å². The van der Waals surface area contributed by atoms with E-state index in [2.05, 4.69) is 0 Å². The van der Waals surface area contributed by atoms with Crippen molar-refractivity contribution in [2.45, 2.75) is 26.9 Å². The number of fused-ring (bicyclic) bond motifs is 1. The smallest absolute Gasteiger partial charge is 0.355 e. The fourth-order valence-electron chi connectivity index (χ4n) is 1.92. The first kappa shape index (κ1) is 16.6. The van der Waals surface area contributed by atoms with Crippen LogP contribution in [0, 0.1) is 6.92 Å². The molecule has 0 aliphatic carbocycles. The molecule has 0 amide bonds. The predicted molar refractivity (Wildman–Crippen MR) is 84.0 cm³/mol. The van der Waals surface area contributed by atoms with Crippen LogP contribution < -0.4 is 10.4 Å². The molecule has 0 aliphatic heterocycles. The minimum Gasteiger partial charge on any atom is -0.477 e. The zero-order chi connectivity index (χ0) is 16.4. The fourth-order valence-corrected chi connectivity index (χ4v) is 2.27. The van der Waals surface area contributed by atoms with E-state index in [1.165, 1.54) is 6.07 Å². The van der Waals surface area contributed by atoms with E-state index in [4.69, 9.17) is 37.1 Å². The van der Waals surface area contributed by atoms with Crippen molar-refractivity contribution in [1.82, 2.24) is 0 Å². The molecule has 1 unspecified atom stereocenters. The zero-order valence-corrected chi connectivity index (χ0v) is 13.7. The molecule has 0 bridgehead atoms. The highest BCUT2D eigenvalue weighted by atomic mass is 35.5. The van der Waals surface area contributed by atoms with Crippen LogP contribution in [0.3, 0.4) is 0 Å². The molecule has 0 spiro atoms. The number of aryl methyl sites for hydroxylation is 1. The van der Waals surface area contributed by atoms with Gasteiger partial charge in [0, 0.05) is 11.5 Å². The topological polar surface area (TPSA) is 65.7 Å². The summed E-state index contributed by atoms with van der Waals surface area (Å²) >= 11 is 12.0. The van der Waals surface area contributed by atoms with Crippen LogP contribution >= 0.6 is 23.2 Å². The van der Waals surface area contributed by atoms with Crippen molar-refractivity contribution < 1.29 is 18.7 Å². The molecule has 2 aromatic rings. The van der Waals surface area contributed by atoms with Crippen LogP contribution in [0.2, 0.25) is 10.0 Å². The van der Waals surface area contributed by atoms with Gasteiger partial charge in [-0.05, 0) is 32.4 Å². The summed E-state index contributed by atoms with van der Waals surface area (Å²) in [6.07, 6.45) is -0.838. The van der Waals surface area contributed by atoms with Crippen LogP contribution in [0.4, 0.5) is 0 Å². The molecular weight excluding hydrogens is 331 g/mol. The second-order valence-electron chi connectivity index (χ2n) is 4.62. The van der Waals surface area contributed by atoms with Crippen molar-refractivity contribution in [2.24, 2.45) is 0 Å². The van der Waals surface area contributed by atoms with Gasteiger partial charge in [0.05, 0.1) is 11.6 Å². The van der Waals surface area contributed by atoms with E-state index in [-0.39, 0.29) is 28.0 Å². The number of halogens is 2. The largest absolute Gasteiger partial charge is 0.477 e. The molecule has 5 nitrogen and oxygen atoms in total. The van der Waals surface area contributed by atoms with Crippen molar-refractivity contribution in [2.75, 3.05) is 6.61 Å². The van der Waals surface area contributed by atoms with Crippen molar-refractivity contribution in [1.29, 1.82) is 0 Å². The van der Waals surface area contributed by atoms with Crippen LogP contribution in [-0.4, -0.2) is 18.7 Å². The number of carbonyl (C=O) groups is 1. The molecule has 0 saturated heterocycles. The summed E-state index contributed by atoms with van der Waals surface area (Å²) in [7, 11) is 0. The van der Waals surface area contributed by atoms with Gasteiger partial charge in [0.15, 0.2) is 6.10 Å². The highest BCUT2D eigenvalue weighted by Gasteiger charge is 2.19. The molecule has 0 fully saturated rings. The number of hydrogen-bond acceptors (Lipinski definition) is 5. The molecular formula is C15H14Cl2O5. The van der Waals surface area contributed by atoms with E-state index in [9.17, 15) is 9.59 Å². The molecule has 0 radical (unpaired) electrons. The van der Waals surface area contributed by atoms with Gasteiger partial charge in [-0.3, -0.25) is 0 Å². The summed E-state index contributed by atoms with van der Waals surface area (Å²) in [6.45, 7) is 5.20. The Morgan fingerprint density at radius 2 is 2.05 bits per heavy atom. The van der Waals surface area contributed by atoms with Crippen LogP contribution in [0.1, 0.15) is 19.4 Å². The van der Waals surface area contributed by atoms with E-state index < -0.39 is 17.7 Å². The lowest BCUT2D eigenvalue weighted by Gasteiger charge is -2.15. The van der Waals surface area contributed by atoms with Gasteiger partial charge in [0.2, 0.25) is 0 Å². The van der Waals surface area contributed by atoms with Gasteiger partial charge < -0.3 is 13.9 Å². The Morgan fingerprint density at radius 1 is 1.36 bits per heavy atom. The van der Waals surface area contributed by atoms with Crippen LogP contribution in [-0.2, 0) is 9.53 Å². The SMILES string of the molecule is CCOC(=O)C(C)Oc1cc2oc(=O)c(Cl)c(C)c2cc1Cl. The summed E-state index contributed by atoms with van der Waals surface area (Å²) in [5.74, 6) is -0.285. The summed E-state index contributed by atoms with van der Waals surface area (Å²) in [5, 5.41) is 0.888. The van der Waals surface area contributed by atoms with Gasteiger partial charge in [0.25, 0.3) is 0 Å². The van der Waals surface area contributed by atoms with Crippen molar-refractivity contribution >= 4 is 40.1 Å². The standard InChI is InChI=1S/C15H14Cl2O5/c1-4-20-14(18)8(3)21-12-6-11-9(5-10(12)16)7(2)13(17)15(19)22-11/h5-6,8H,4H2,1-3H3. The first-order chi connectivity index (χ1) is 10.3. The summed E-state index contributed by atoms with van der Waals surface area (Å²) in [5.41, 5.74) is 0.209. The molecule has 7 heteroatoms. The number of esters is 1. The Hall–Kier alpha value is -1.72. The van der Waals surface area contributed by atoms with E-state index in [0.717, 1.165) is 0 Å². The number of rotatable bonds is 4. The third kappa shape index (κ3) is 3.20. The van der Waals surface area contributed by atoms with Crippen LogP contribution in [0.15, 0.2) is 21.3 Å². The molecule has 2 rings (SSSR count). The Bertz CT molecular complexity index is 782. The van der Waals surface area contributed by atoms with Crippen molar-refractivity contribution in [3.8, 4) is 5.75 Å². The van der Waals surface area contributed by atoms with E-state index in [1.54, 1.807) is 26.8 Å². The molecule has 1 heterocycles. The maximum Gasteiger partial charge on any atom is 0.355 e. The lowest BCUT2D eigenvalue weighted by molar-refractivity contribution is -0.150. The minimum absolute atomic E-state index is 0.0112. The fraction of sp³-hybridized carbons (Fsp3) is 0.333. The van der Waals surface area contributed by atoms with Gasteiger partial charge in [-0.15, -0.1) is 0 Å². The molecule has 0 aliphatic rings. The molecule has 1 aromatic carbocycles. The Balaban J connectivity index is 2.44. The monoisotopic (exact) mass is 344 g/mol. The molecule has 0 N–H and O–H groups in total. The second-order valence-corrected chi connectivity index (χ2v) is 5.40. The van der Waals surface area contributed by atoms with Crippen molar-refractivity contribution in [3.63, 3.8) is 0 Å². The predicted octanol–water partition coefficient (Wildman–Crippen LogP) is 3.74. The summed E-state index contributed by atoms with van der Waals surface area (Å²) < 4.78 is 15.5. The Labute approximate surface area is 136 Å². The van der Waals surface area contributed by atoms with E-state index in [0.29, 0.717) is 10.9 Å². The van der Waals surface area contributed by atoms with Crippen LogP contribution in [0.25, 0.3) is 11.0 Å². The quantitative estimate of drug-likeness (QED) is 0.624. The van der Waals surface area contributed by atoms with Gasteiger partial charge in [-0.1, -0.05) is 23.2 Å². The Kier molecular flexibility index (Phi) is 4.98.